The summed E-state index contributed by atoms with van der Waals surface area (Å²) in [5.74, 6) is 0. The SMILES string of the molecule is C[Si](C)=[Zr+2]([C@@H]1C=C(Cc2ccccc2)c2ccccc21)[C@H]1C=C(Cc2ccccc2)c2ccccc21.[Cl-].[Cl-]. The van der Waals surface area contributed by atoms with Gasteiger partial charge in [-0.3, -0.25) is 0 Å². The van der Waals surface area contributed by atoms with Crippen molar-refractivity contribution in [2.45, 2.75) is 33.2 Å². The van der Waals surface area contributed by atoms with E-state index in [4.69, 9.17) is 0 Å². The zero-order chi connectivity index (χ0) is 24.5. The van der Waals surface area contributed by atoms with Crippen molar-refractivity contribution in [2.75, 3.05) is 0 Å². The molecular formula is C34H32Cl2SiZr. The van der Waals surface area contributed by atoms with Crippen molar-refractivity contribution in [1.82, 2.24) is 0 Å². The Hall–Kier alpha value is -1.96. The number of allylic oxidation sites excluding steroid dienone is 4. The molecule has 0 aliphatic heterocycles. The van der Waals surface area contributed by atoms with E-state index in [0.717, 1.165) is 12.8 Å². The van der Waals surface area contributed by atoms with E-state index in [1.807, 2.05) is 0 Å². The molecule has 38 heavy (non-hydrogen) atoms. The van der Waals surface area contributed by atoms with Crippen molar-refractivity contribution in [1.29, 1.82) is 0 Å². The number of rotatable bonds is 6. The Balaban J connectivity index is 0.00000168. The summed E-state index contributed by atoms with van der Waals surface area (Å²) in [6.45, 7) is 5.22. The van der Waals surface area contributed by atoms with Gasteiger partial charge in [0.2, 0.25) is 0 Å². The third-order valence-electron chi connectivity index (χ3n) is 7.74. The van der Waals surface area contributed by atoms with Gasteiger partial charge in [-0.25, -0.2) is 0 Å². The first-order valence-electron chi connectivity index (χ1n) is 13.0. The molecule has 4 heteroatoms. The Morgan fingerprint density at radius 1 is 0.526 bits per heavy atom. The van der Waals surface area contributed by atoms with Crippen LogP contribution in [-0.2, 0) is 33.2 Å². The topological polar surface area (TPSA) is 0 Å². The van der Waals surface area contributed by atoms with E-state index in [9.17, 15) is 0 Å². The molecule has 0 unspecified atom stereocenters. The zero-order valence-corrected chi connectivity index (χ0v) is 26.8. The second kappa shape index (κ2) is 12.9. The van der Waals surface area contributed by atoms with Gasteiger partial charge >= 0.3 is 225 Å². The molecule has 2 aliphatic rings. The number of halogens is 2. The van der Waals surface area contributed by atoms with Crippen LogP contribution in [0, 0.1) is 0 Å². The molecule has 190 valence electrons. The van der Waals surface area contributed by atoms with Crippen LogP contribution in [-0.4, -0.2) is 5.43 Å². The van der Waals surface area contributed by atoms with Crippen molar-refractivity contribution in [3.63, 3.8) is 0 Å². The third kappa shape index (κ3) is 5.80. The van der Waals surface area contributed by atoms with E-state index in [1.165, 1.54) is 22.3 Å². The molecule has 0 heterocycles. The van der Waals surface area contributed by atoms with Gasteiger partial charge in [-0.15, -0.1) is 0 Å². The van der Waals surface area contributed by atoms with Gasteiger partial charge in [-0.2, -0.15) is 0 Å². The summed E-state index contributed by atoms with van der Waals surface area (Å²) in [6, 6.07) is 40.6. The van der Waals surface area contributed by atoms with Gasteiger partial charge in [0, 0.05) is 0 Å². The van der Waals surface area contributed by atoms with Crippen LogP contribution in [0.15, 0.2) is 121 Å². The van der Waals surface area contributed by atoms with Crippen LogP contribution < -0.4 is 24.8 Å². The fourth-order valence-electron chi connectivity index (χ4n) is 6.15. The fraction of sp³-hybridized carbons (Fsp3) is 0.176. The first-order chi connectivity index (χ1) is 17.7. The van der Waals surface area contributed by atoms with Gasteiger partial charge in [-0.05, 0) is 0 Å². The predicted molar refractivity (Wildman–Crippen MR) is 152 cm³/mol. The zero-order valence-electron chi connectivity index (χ0n) is 21.9. The second-order valence-corrected chi connectivity index (χ2v) is 28.4. The molecular weight excluding hydrogens is 599 g/mol. The van der Waals surface area contributed by atoms with Gasteiger partial charge in [-0.1, -0.05) is 0 Å². The van der Waals surface area contributed by atoms with Crippen LogP contribution in [0.2, 0.25) is 13.1 Å². The van der Waals surface area contributed by atoms with E-state index < -0.39 is 25.8 Å². The van der Waals surface area contributed by atoms with Gasteiger partial charge in [0.15, 0.2) is 0 Å². The molecule has 0 radical (unpaired) electrons. The van der Waals surface area contributed by atoms with Crippen LogP contribution in [0.3, 0.4) is 0 Å². The molecule has 4 aromatic carbocycles. The second-order valence-electron chi connectivity index (χ2n) is 10.3. The minimum Gasteiger partial charge on any atom is -1.00 e. The first-order valence-corrected chi connectivity index (χ1v) is 22.1. The summed E-state index contributed by atoms with van der Waals surface area (Å²) in [6.07, 6.45) is 7.51. The molecule has 0 saturated heterocycles. The van der Waals surface area contributed by atoms with Crippen LogP contribution >= 0.6 is 0 Å². The first kappa shape index (κ1) is 29.0. The summed E-state index contributed by atoms with van der Waals surface area (Å²) < 4.78 is 1.33. The predicted octanol–water partition coefficient (Wildman–Crippen LogP) is 2.63. The molecule has 0 bridgehead atoms. The molecule has 0 fully saturated rings. The van der Waals surface area contributed by atoms with Gasteiger partial charge < -0.3 is 24.8 Å². The van der Waals surface area contributed by atoms with E-state index in [1.54, 1.807) is 22.3 Å². The van der Waals surface area contributed by atoms with Crippen LogP contribution in [0.25, 0.3) is 11.1 Å². The summed E-state index contributed by atoms with van der Waals surface area (Å²) in [5, 5.41) is 0. The average molecular weight is 631 g/mol. The van der Waals surface area contributed by atoms with E-state index >= 15 is 0 Å². The van der Waals surface area contributed by atoms with Crippen molar-refractivity contribution in [3.05, 3.63) is 155 Å². The molecule has 0 aromatic heterocycles. The van der Waals surface area contributed by atoms with E-state index in [0.29, 0.717) is 7.25 Å². The maximum atomic E-state index is 2.72. The third-order valence-corrected chi connectivity index (χ3v) is 26.7. The van der Waals surface area contributed by atoms with Crippen LogP contribution in [0.1, 0.15) is 40.6 Å². The Morgan fingerprint density at radius 2 is 0.895 bits per heavy atom. The van der Waals surface area contributed by atoms with Gasteiger partial charge in [0.05, 0.1) is 0 Å². The smallest absolute Gasteiger partial charge is 1.00 e. The molecule has 0 amide bonds. The van der Waals surface area contributed by atoms with Crippen LogP contribution in [0.4, 0.5) is 0 Å². The van der Waals surface area contributed by atoms with Crippen molar-refractivity contribution >= 4 is 16.6 Å². The largest absolute Gasteiger partial charge is 1.00 e. The maximum absolute atomic E-state index is 2.72. The molecule has 0 nitrogen and oxygen atoms in total. The maximum Gasteiger partial charge on any atom is -1.00 e. The number of hydrogen-bond donors (Lipinski definition) is 0. The number of fused-ring (bicyclic) bond motifs is 2. The van der Waals surface area contributed by atoms with Crippen molar-refractivity contribution in [2.24, 2.45) is 0 Å². The van der Waals surface area contributed by atoms with E-state index in [-0.39, 0.29) is 24.8 Å². The minimum absolute atomic E-state index is 0. The summed E-state index contributed by atoms with van der Waals surface area (Å²) in [4.78, 5) is 0. The van der Waals surface area contributed by atoms with E-state index in [2.05, 4.69) is 134 Å². The Kier molecular flexibility index (Phi) is 9.88. The monoisotopic (exact) mass is 628 g/mol. The van der Waals surface area contributed by atoms with Gasteiger partial charge in [0.25, 0.3) is 0 Å². The molecule has 0 N–H and O–H groups in total. The Morgan fingerprint density at radius 3 is 1.29 bits per heavy atom. The molecule has 4 aromatic rings. The molecule has 0 spiro atoms. The van der Waals surface area contributed by atoms with Crippen LogP contribution in [0.5, 0.6) is 0 Å². The summed E-state index contributed by atoms with van der Waals surface area (Å²) in [7, 11) is 0. The molecule has 2 atom stereocenters. The summed E-state index contributed by atoms with van der Waals surface area (Å²) >= 11 is -2.00. The Labute approximate surface area is 247 Å². The summed E-state index contributed by atoms with van der Waals surface area (Å²) in [5.41, 5.74) is 11.8. The fourth-order valence-corrected chi connectivity index (χ4v) is 25.1. The standard InChI is InChI=1S/2C16H13.C2H6Si.2ClH.Zr/c2*1-2-6-13(7-3-1)12-15-11-10-14-8-4-5-9-16(14)15;1-3-2;;;/h2*1-11H,12H2;1-2H3;2*1H;/q;;;;;+2/p-2. The molecule has 0 saturated carbocycles. The number of benzene rings is 4. The quantitative estimate of drug-likeness (QED) is 0.288. The van der Waals surface area contributed by atoms with Crippen molar-refractivity contribution < 1.29 is 45.2 Å². The number of hydrogen-bond acceptors (Lipinski definition) is 0. The average Bonchev–Trinajstić information content (AvgIpc) is 3.44. The van der Waals surface area contributed by atoms with Crippen molar-refractivity contribution in [3.8, 4) is 0 Å². The minimum atomic E-state index is -2.00. The normalized spacial score (nSPS) is 16.6. The molecule has 2 aliphatic carbocycles. The Bertz CT molecular complexity index is 1390. The molecule has 6 rings (SSSR count). The van der Waals surface area contributed by atoms with Gasteiger partial charge in [0.1, 0.15) is 0 Å².